The normalized spacial score (nSPS) is 32.2. The lowest BCUT2D eigenvalue weighted by Gasteiger charge is -2.43. The van der Waals surface area contributed by atoms with Crippen molar-refractivity contribution in [3.8, 4) is 0 Å². The first-order valence-electron chi connectivity index (χ1n) is 6.96. The molecule has 0 amide bonds. The molecule has 0 aromatic carbocycles. The van der Waals surface area contributed by atoms with Crippen LogP contribution in [0.2, 0.25) is 0 Å². The van der Waals surface area contributed by atoms with Gasteiger partial charge >= 0.3 is 7.12 Å². The lowest BCUT2D eigenvalue weighted by Crippen LogP contribution is -2.44. The minimum absolute atomic E-state index is 0.145. The lowest BCUT2D eigenvalue weighted by atomic mass is 9.65. The quantitative estimate of drug-likeness (QED) is 0.670. The summed E-state index contributed by atoms with van der Waals surface area (Å²) in [5.74, 6) is 0. The number of rotatable bonds is 1. The van der Waals surface area contributed by atoms with Crippen molar-refractivity contribution in [1.82, 2.24) is 0 Å². The van der Waals surface area contributed by atoms with Crippen molar-refractivity contribution in [2.45, 2.75) is 58.2 Å². The van der Waals surface area contributed by atoms with Crippen molar-refractivity contribution in [3.63, 3.8) is 0 Å². The lowest BCUT2D eigenvalue weighted by molar-refractivity contribution is -0.117. The van der Waals surface area contributed by atoms with Gasteiger partial charge in [-0.25, -0.2) is 0 Å². The molecule has 0 N–H and O–H groups in total. The first-order valence-corrected chi connectivity index (χ1v) is 6.96. The number of hydrogen-bond acceptors (Lipinski definition) is 3. The smallest absolute Gasteiger partial charge is 0.400 e. The molecule has 3 rings (SSSR count). The van der Waals surface area contributed by atoms with E-state index < -0.39 is 0 Å². The number of ether oxygens (including phenoxy) is 1. The molecule has 0 bridgehead atoms. The van der Waals surface area contributed by atoms with E-state index in [0.29, 0.717) is 5.41 Å². The Morgan fingerprint density at radius 1 is 1.06 bits per heavy atom. The van der Waals surface area contributed by atoms with E-state index >= 15 is 0 Å². The Hall–Kier alpha value is -0.315. The van der Waals surface area contributed by atoms with Crippen LogP contribution in [0.25, 0.3) is 0 Å². The first-order chi connectivity index (χ1) is 8.34. The van der Waals surface area contributed by atoms with Crippen molar-refractivity contribution in [2.24, 2.45) is 5.41 Å². The third-order valence-corrected chi connectivity index (χ3v) is 5.11. The van der Waals surface area contributed by atoms with Crippen LogP contribution in [0.3, 0.4) is 0 Å². The van der Waals surface area contributed by atoms with Gasteiger partial charge in [0, 0.05) is 5.41 Å². The van der Waals surface area contributed by atoms with Crippen LogP contribution in [-0.2, 0) is 14.0 Å². The van der Waals surface area contributed by atoms with Crippen molar-refractivity contribution < 1.29 is 14.0 Å². The molecule has 0 saturated carbocycles. The number of hydrogen-bond donors (Lipinski definition) is 0. The van der Waals surface area contributed by atoms with Gasteiger partial charge in [-0.15, -0.1) is 0 Å². The van der Waals surface area contributed by atoms with Gasteiger partial charge in [0.2, 0.25) is 0 Å². The molecule has 2 heterocycles. The van der Waals surface area contributed by atoms with E-state index in [9.17, 15) is 0 Å². The Bertz CT molecular complexity index is 367. The van der Waals surface area contributed by atoms with Gasteiger partial charge in [-0.05, 0) is 52.4 Å². The molecule has 2 fully saturated rings. The highest BCUT2D eigenvalue weighted by atomic mass is 16.7. The van der Waals surface area contributed by atoms with Crippen LogP contribution in [0, 0.1) is 5.41 Å². The third-order valence-electron chi connectivity index (χ3n) is 5.11. The molecule has 1 aliphatic carbocycles. The Balaban J connectivity index is 1.71. The van der Waals surface area contributed by atoms with Gasteiger partial charge in [-0.2, -0.15) is 0 Å². The molecule has 2 saturated heterocycles. The van der Waals surface area contributed by atoms with Gasteiger partial charge < -0.3 is 14.0 Å². The van der Waals surface area contributed by atoms with Crippen molar-refractivity contribution in [3.05, 3.63) is 11.5 Å². The van der Waals surface area contributed by atoms with Gasteiger partial charge in [-0.3, -0.25) is 0 Å². The van der Waals surface area contributed by atoms with Gasteiger partial charge in [-0.1, -0.05) is 6.08 Å². The fraction of sp³-hybridized carbons (Fsp3) is 0.857. The zero-order valence-electron chi connectivity index (χ0n) is 11.9. The standard InChI is InChI=1S/C14H23BO3/c1-12(2)13(3,4)18-15(17-12)11-5-7-14(8-6-11)9-16-10-14/h5H,6-10H2,1-4H3. The first kappa shape index (κ1) is 12.7. The average Bonchev–Trinajstić information content (AvgIpc) is 2.46. The molecule has 2 aliphatic heterocycles. The summed E-state index contributed by atoms with van der Waals surface area (Å²) >= 11 is 0. The molecule has 0 unspecified atom stereocenters. The molecule has 100 valence electrons. The van der Waals surface area contributed by atoms with Crippen molar-refractivity contribution >= 4 is 7.12 Å². The summed E-state index contributed by atoms with van der Waals surface area (Å²) in [4.78, 5) is 0. The minimum Gasteiger partial charge on any atom is -0.400 e. The Labute approximate surface area is 110 Å². The van der Waals surface area contributed by atoms with Crippen molar-refractivity contribution in [2.75, 3.05) is 13.2 Å². The summed E-state index contributed by atoms with van der Waals surface area (Å²) in [6, 6.07) is 0. The molecule has 0 aromatic rings. The summed E-state index contributed by atoms with van der Waals surface area (Å²) in [5, 5.41) is 0. The van der Waals surface area contributed by atoms with Crippen LogP contribution in [-0.4, -0.2) is 31.5 Å². The topological polar surface area (TPSA) is 27.7 Å². The van der Waals surface area contributed by atoms with E-state index in [4.69, 9.17) is 14.0 Å². The highest BCUT2D eigenvalue weighted by Gasteiger charge is 2.53. The van der Waals surface area contributed by atoms with Gasteiger partial charge in [0.15, 0.2) is 0 Å². The molecule has 0 radical (unpaired) electrons. The third kappa shape index (κ3) is 1.86. The molecular formula is C14H23BO3. The number of allylic oxidation sites excluding steroid dienone is 2. The maximum atomic E-state index is 6.10. The summed E-state index contributed by atoms with van der Waals surface area (Å²) in [5.41, 5.74) is 1.30. The fourth-order valence-electron chi connectivity index (χ4n) is 2.82. The van der Waals surface area contributed by atoms with Crippen LogP contribution in [0.4, 0.5) is 0 Å². The Morgan fingerprint density at radius 3 is 2.06 bits per heavy atom. The highest BCUT2D eigenvalue weighted by molar-refractivity contribution is 6.54. The zero-order chi connectivity index (χ0) is 13.0. The molecule has 0 aromatic heterocycles. The molecule has 18 heavy (non-hydrogen) atoms. The van der Waals surface area contributed by atoms with E-state index in [0.717, 1.165) is 26.1 Å². The van der Waals surface area contributed by atoms with Crippen LogP contribution in [0.5, 0.6) is 0 Å². The van der Waals surface area contributed by atoms with Crippen LogP contribution in [0.15, 0.2) is 11.5 Å². The van der Waals surface area contributed by atoms with E-state index in [1.807, 2.05) is 0 Å². The summed E-state index contributed by atoms with van der Waals surface area (Å²) < 4.78 is 17.6. The van der Waals surface area contributed by atoms with E-state index in [-0.39, 0.29) is 18.3 Å². The van der Waals surface area contributed by atoms with Gasteiger partial charge in [0.25, 0.3) is 0 Å². The van der Waals surface area contributed by atoms with E-state index in [2.05, 4.69) is 33.8 Å². The fourth-order valence-corrected chi connectivity index (χ4v) is 2.82. The second-order valence-electron chi connectivity index (χ2n) is 7.06. The molecule has 3 aliphatic rings. The zero-order valence-corrected chi connectivity index (χ0v) is 11.9. The van der Waals surface area contributed by atoms with Crippen LogP contribution >= 0.6 is 0 Å². The SMILES string of the molecule is CC1(C)OB(C2=CCC3(CC2)COC3)OC1(C)C. The molecule has 1 spiro atoms. The average molecular weight is 250 g/mol. The van der Waals surface area contributed by atoms with Gasteiger partial charge in [0.1, 0.15) is 0 Å². The Kier molecular flexibility index (Phi) is 2.71. The molecule has 4 heteroatoms. The van der Waals surface area contributed by atoms with E-state index in [1.54, 1.807) is 0 Å². The summed E-state index contributed by atoms with van der Waals surface area (Å²) in [7, 11) is -0.145. The van der Waals surface area contributed by atoms with Crippen LogP contribution in [0.1, 0.15) is 47.0 Å². The van der Waals surface area contributed by atoms with E-state index in [1.165, 1.54) is 11.9 Å². The Morgan fingerprint density at radius 2 is 1.67 bits per heavy atom. The molecule has 0 atom stereocenters. The predicted molar refractivity (Wildman–Crippen MR) is 71.3 cm³/mol. The molecule has 3 nitrogen and oxygen atoms in total. The minimum atomic E-state index is -0.229. The van der Waals surface area contributed by atoms with Crippen LogP contribution < -0.4 is 0 Å². The summed E-state index contributed by atoms with van der Waals surface area (Å²) in [6.07, 6.45) is 5.74. The highest BCUT2D eigenvalue weighted by Crippen LogP contribution is 2.45. The summed E-state index contributed by atoms with van der Waals surface area (Å²) in [6.45, 7) is 10.3. The predicted octanol–water partition coefficient (Wildman–Crippen LogP) is 2.74. The van der Waals surface area contributed by atoms with Gasteiger partial charge in [0.05, 0.1) is 24.4 Å². The maximum Gasteiger partial charge on any atom is 0.490 e. The second-order valence-corrected chi connectivity index (χ2v) is 7.06. The maximum absolute atomic E-state index is 6.10. The monoisotopic (exact) mass is 250 g/mol. The largest absolute Gasteiger partial charge is 0.490 e. The van der Waals surface area contributed by atoms with Crippen molar-refractivity contribution in [1.29, 1.82) is 0 Å². The second kappa shape index (κ2) is 3.84. The molecular weight excluding hydrogens is 227 g/mol.